The van der Waals surface area contributed by atoms with Crippen molar-refractivity contribution in [3.05, 3.63) is 200 Å². The molecule has 0 unspecified atom stereocenters. The molecule has 0 aliphatic rings. The third kappa shape index (κ3) is 5.40. The Labute approximate surface area is 322 Å². The van der Waals surface area contributed by atoms with Crippen molar-refractivity contribution in [2.24, 2.45) is 0 Å². The van der Waals surface area contributed by atoms with Gasteiger partial charge < -0.3 is 9.32 Å². The third-order valence-electron chi connectivity index (χ3n) is 10.9. The van der Waals surface area contributed by atoms with Crippen molar-refractivity contribution in [2.75, 3.05) is 4.90 Å². The molecule has 258 valence electrons. The van der Waals surface area contributed by atoms with Crippen LogP contribution in [0.25, 0.3) is 86.3 Å². The van der Waals surface area contributed by atoms with Crippen LogP contribution in [-0.4, -0.2) is 0 Å². The molecule has 0 aliphatic heterocycles. The molecule has 0 amide bonds. The predicted octanol–water partition coefficient (Wildman–Crippen LogP) is 15.6. The minimum absolute atomic E-state index is 0.870. The molecular weight excluding hydrogens is 687 g/mol. The molecule has 2 heterocycles. The van der Waals surface area contributed by atoms with Crippen LogP contribution in [0, 0.1) is 0 Å². The van der Waals surface area contributed by atoms with Gasteiger partial charge in [-0.1, -0.05) is 140 Å². The average molecular weight is 720 g/mol. The molecule has 0 radical (unpaired) electrons. The molecule has 2 aromatic heterocycles. The van der Waals surface area contributed by atoms with E-state index in [-0.39, 0.29) is 0 Å². The first-order valence-electron chi connectivity index (χ1n) is 18.7. The quantitative estimate of drug-likeness (QED) is 0.170. The molecule has 11 aromatic rings. The van der Waals surface area contributed by atoms with Gasteiger partial charge in [-0.3, -0.25) is 0 Å². The topological polar surface area (TPSA) is 16.4 Å². The Morgan fingerprint density at radius 2 is 0.945 bits per heavy atom. The lowest BCUT2D eigenvalue weighted by molar-refractivity contribution is 0.669. The van der Waals surface area contributed by atoms with Gasteiger partial charge in [-0.25, -0.2) is 0 Å². The van der Waals surface area contributed by atoms with Crippen molar-refractivity contribution in [1.82, 2.24) is 0 Å². The summed E-state index contributed by atoms with van der Waals surface area (Å²) in [6, 6.07) is 72.2. The van der Waals surface area contributed by atoms with E-state index in [9.17, 15) is 0 Å². The van der Waals surface area contributed by atoms with Crippen LogP contribution >= 0.6 is 11.3 Å². The first-order valence-corrected chi connectivity index (χ1v) is 19.5. The van der Waals surface area contributed by atoms with Crippen molar-refractivity contribution in [3.8, 4) is 33.4 Å². The predicted molar refractivity (Wildman–Crippen MR) is 235 cm³/mol. The second-order valence-electron chi connectivity index (χ2n) is 14.1. The summed E-state index contributed by atoms with van der Waals surface area (Å²) in [7, 11) is 0. The van der Waals surface area contributed by atoms with E-state index in [0.717, 1.165) is 39.0 Å². The fraction of sp³-hybridized carbons (Fsp3) is 0. The van der Waals surface area contributed by atoms with E-state index in [1.165, 1.54) is 64.3 Å². The maximum Gasteiger partial charge on any atom is 0.159 e. The smallest absolute Gasteiger partial charge is 0.159 e. The van der Waals surface area contributed by atoms with Gasteiger partial charge >= 0.3 is 0 Å². The molecule has 3 heteroatoms. The van der Waals surface area contributed by atoms with Crippen molar-refractivity contribution < 1.29 is 4.42 Å². The van der Waals surface area contributed by atoms with Crippen LogP contribution in [0.15, 0.2) is 205 Å². The van der Waals surface area contributed by atoms with Crippen LogP contribution in [0.4, 0.5) is 17.1 Å². The highest BCUT2D eigenvalue weighted by molar-refractivity contribution is 7.25. The van der Waals surface area contributed by atoms with Gasteiger partial charge in [0.1, 0.15) is 5.58 Å². The lowest BCUT2D eigenvalue weighted by Crippen LogP contribution is -2.10. The Morgan fingerprint density at radius 1 is 0.364 bits per heavy atom. The highest BCUT2D eigenvalue weighted by Gasteiger charge is 2.20. The average Bonchev–Trinajstić information content (AvgIpc) is 3.83. The van der Waals surface area contributed by atoms with Crippen LogP contribution < -0.4 is 4.90 Å². The standard InChI is InChI=1S/C52H33NOS/c1-2-14-42-36(10-1)11-8-17-43(42)39-13-7-12-37(32-39)34-22-27-40(28-23-34)53(48-19-9-18-46-44-15-3-5-20-49(44)54-52(46)48)41-29-24-35(25-30-41)38-26-31-51-47(33-38)45-16-4-6-21-50(45)55-51/h1-33H. The number of para-hydroxylation sites is 2. The summed E-state index contributed by atoms with van der Waals surface area (Å²) < 4.78 is 9.25. The summed E-state index contributed by atoms with van der Waals surface area (Å²) in [6.07, 6.45) is 0. The van der Waals surface area contributed by atoms with E-state index in [2.05, 4.69) is 193 Å². The van der Waals surface area contributed by atoms with Crippen molar-refractivity contribution >= 4 is 81.3 Å². The lowest BCUT2D eigenvalue weighted by Gasteiger charge is -2.26. The zero-order valence-corrected chi connectivity index (χ0v) is 30.6. The summed E-state index contributed by atoms with van der Waals surface area (Å²) in [5.74, 6) is 0. The maximum absolute atomic E-state index is 6.61. The van der Waals surface area contributed by atoms with Gasteiger partial charge in [0.2, 0.25) is 0 Å². The number of rotatable bonds is 6. The number of anilines is 3. The van der Waals surface area contributed by atoms with Gasteiger partial charge in [-0.2, -0.15) is 0 Å². The molecule has 11 rings (SSSR count). The number of hydrogen-bond donors (Lipinski definition) is 0. The minimum Gasteiger partial charge on any atom is -0.454 e. The van der Waals surface area contributed by atoms with E-state index in [1.54, 1.807) is 0 Å². The zero-order chi connectivity index (χ0) is 36.3. The van der Waals surface area contributed by atoms with Crippen LogP contribution in [0.5, 0.6) is 0 Å². The fourth-order valence-corrected chi connectivity index (χ4v) is 9.28. The molecule has 0 bridgehead atoms. The molecule has 55 heavy (non-hydrogen) atoms. The van der Waals surface area contributed by atoms with Gasteiger partial charge in [-0.05, 0) is 105 Å². The molecule has 0 saturated heterocycles. The van der Waals surface area contributed by atoms with E-state index >= 15 is 0 Å². The molecule has 0 atom stereocenters. The maximum atomic E-state index is 6.61. The van der Waals surface area contributed by atoms with E-state index in [4.69, 9.17) is 4.42 Å². The Kier molecular flexibility index (Phi) is 7.39. The third-order valence-corrected chi connectivity index (χ3v) is 12.0. The summed E-state index contributed by atoms with van der Waals surface area (Å²) >= 11 is 1.85. The highest BCUT2D eigenvalue weighted by atomic mass is 32.1. The Balaban J connectivity index is 1.00. The number of thiophene rings is 1. The van der Waals surface area contributed by atoms with Gasteiger partial charge in [0, 0.05) is 42.3 Å². The number of hydrogen-bond acceptors (Lipinski definition) is 3. The van der Waals surface area contributed by atoms with E-state index < -0.39 is 0 Å². The minimum atomic E-state index is 0.870. The second kappa shape index (κ2) is 12.9. The van der Waals surface area contributed by atoms with Gasteiger partial charge in [0.05, 0.1) is 5.69 Å². The number of fused-ring (bicyclic) bond motifs is 7. The second-order valence-corrected chi connectivity index (χ2v) is 15.2. The van der Waals surface area contributed by atoms with Crippen LogP contribution in [0.2, 0.25) is 0 Å². The highest BCUT2D eigenvalue weighted by Crippen LogP contribution is 2.44. The summed E-state index contributed by atoms with van der Waals surface area (Å²) in [6.45, 7) is 0. The lowest BCUT2D eigenvalue weighted by atomic mass is 9.95. The van der Waals surface area contributed by atoms with E-state index in [1.807, 2.05) is 23.5 Å². The molecule has 2 nitrogen and oxygen atoms in total. The fourth-order valence-electron chi connectivity index (χ4n) is 8.19. The monoisotopic (exact) mass is 719 g/mol. The molecule has 0 aliphatic carbocycles. The number of benzene rings is 9. The van der Waals surface area contributed by atoms with Gasteiger partial charge in [-0.15, -0.1) is 11.3 Å². The molecule has 0 spiro atoms. The van der Waals surface area contributed by atoms with E-state index in [0.29, 0.717) is 0 Å². The summed E-state index contributed by atoms with van der Waals surface area (Å²) in [4.78, 5) is 2.32. The van der Waals surface area contributed by atoms with Gasteiger partial charge in [0.25, 0.3) is 0 Å². The number of nitrogens with zero attached hydrogens (tertiary/aromatic N) is 1. The molecule has 0 fully saturated rings. The first-order chi connectivity index (χ1) is 27.2. The normalized spacial score (nSPS) is 11.6. The zero-order valence-electron chi connectivity index (χ0n) is 29.8. The van der Waals surface area contributed by atoms with Crippen LogP contribution in [0.1, 0.15) is 0 Å². The largest absolute Gasteiger partial charge is 0.454 e. The molecule has 9 aromatic carbocycles. The van der Waals surface area contributed by atoms with Crippen molar-refractivity contribution in [1.29, 1.82) is 0 Å². The Bertz CT molecular complexity index is 3200. The van der Waals surface area contributed by atoms with Crippen molar-refractivity contribution in [2.45, 2.75) is 0 Å². The Hall–Kier alpha value is -6.94. The molecule has 0 saturated carbocycles. The summed E-state index contributed by atoms with van der Waals surface area (Å²) in [5.41, 5.74) is 12.1. The van der Waals surface area contributed by atoms with Crippen molar-refractivity contribution in [3.63, 3.8) is 0 Å². The molecular formula is C52H33NOS. The first kappa shape index (κ1) is 31.6. The van der Waals surface area contributed by atoms with Crippen LogP contribution in [0.3, 0.4) is 0 Å². The SMILES string of the molecule is c1cc(-c2ccc(N(c3ccc(-c4ccc5sc6ccccc6c5c4)cc3)c3cccc4c3oc3ccccc34)cc2)cc(-c2cccc3ccccc23)c1. The summed E-state index contributed by atoms with van der Waals surface area (Å²) in [5, 5.41) is 7.36. The van der Waals surface area contributed by atoms with Crippen LogP contribution in [-0.2, 0) is 0 Å². The molecule has 0 N–H and O–H groups in total. The number of furan rings is 1. The Morgan fingerprint density at radius 3 is 1.76 bits per heavy atom. The van der Waals surface area contributed by atoms with Gasteiger partial charge in [0.15, 0.2) is 5.58 Å².